The van der Waals surface area contributed by atoms with E-state index in [-0.39, 0.29) is 5.56 Å². The number of hydrogen-bond acceptors (Lipinski definition) is 4. The number of H-pyrrole nitrogens is 1. The van der Waals surface area contributed by atoms with Crippen LogP contribution in [0.3, 0.4) is 0 Å². The highest BCUT2D eigenvalue weighted by Gasteiger charge is 2.13. The molecule has 0 fully saturated rings. The van der Waals surface area contributed by atoms with Gasteiger partial charge in [-0.1, -0.05) is 6.92 Å². The fraction of sp³-hybridized carbons (Fsp3) is 0.200. The Balaban J connectivity index is 2.49. The zero-order valence-corrected chi connectivity index (χ0v) is 8.64. The van der Waals surface area contributed by atoms with E-state index >= 15 is 0 Å². The van der Waals surface area contributed by atoms with E-state index in [0.29, 0.717) is 23.8 Å². The first-order valence-electron chi connectivity index (χ1n) is 4.81. The summed E-state index contributed by atoms with van der Waals surface area (Å²) in [5.41, 5.74) is 0.645. The Morgan fingerprint density at radius 3 is 2.88 bits per heavy atom. The van der Waals surface area contributed by atoms with Crippen molar-refractivity contribution < 1.29 is 9.90 Å². The first kappa shape index (κ1) is 10.3. The number of aromatic amines is 1. The molecule has 0 atom stereocenters. The molecule has 0 unspecified atom stereocenters. The molecule has 0 saturated heterocycles. The van der Waals surface area contributed by atoms with Gasteiger partial charge in [0.25, 0.3) is 0 Å². The zero-order chi connectivity index (χ0) is 11.5. The topological polar surface area (TPSA) is 91.8 Å². The van der Waals surface area contributed by atoms with E-state index in [1.165, 1.54) is 6.20 Å². The molecule has 0 radical (unpaired) electrons. The van der Waals surface area contributed by atoms with E-state index in [4.69, 9.17) is 5.11 Å². The van der Waals surface area contributed by atoms with Crippen LogP contribution in [0.2, 0.25) is 0 Å². The van der Waals surface area contributed by atoms with Gasteiger partial charge < -0.3 is 10.1 Å². The maximum atomic E-state index is 10.9. The van der Waals surface area contributed by atoms with Crippen molar-refractivity contribution in [2.75, 3.05) is 0 Å². The third-order valence-corrected chi connectivity index (χ3v) is 2.14. The summed E-state index contributed by atoms with van der Waals surface area (Å²) < 4.78 is 0. The fourth-order valence-corrected chi connectivity index (χ4v) is 1.37. The molecule has 2 heterocycles. The van der Waals surface area contributed by atoms with Gasteiger partial charge in [-0.25, -0.2) is 19.7 Å². The van der Waals surface area contributed by atoms with E-state index in [1.54, 1.807) is 12.4 Å². The second-order valence-electron chi connectivity index (χ2n) is 3.15. The minimum atomic E-state index is -1.01. The lowest BCUT2D eigenvalue weighted by atomic mass is 10.2. The first-order chi connectivity index (χ1) is 7.72. The fourth-order valence-electron chi connectivity index (χ4n) is 1.37. The van der Waals surface area contributed by atoms with Gasteiger partial charge in [-0.2, -0.15) is 0 Å². The first-order valence-corrected chi connectivity index (χ1v) is 4.81. The van der Waals surface area contributed by atoms with Crippen LogP contribution in [-0.2, 0) is 6.42 Å². The second-order valence-corrected chi connectivity index (χ2v) is 3.15. The number of carboxylic acid groups (broad SMARTS) is 1. The maximum absolute atomic E-state index is 10.9. The molecule has 0 amide bonds. The molecule has 2 rings (SSSR count). The van der Waals surface area contributed by atoms with E-state index in [1.807, 2.05) is 6.92 Å². The molecule has 0 bridgehead atoms. The second kappa shape index (κ2) is 4.09. The maximum Gasteiger partial charge on any atom is 0.339 e. The predicted molar refractivity (Wildman–Crippen MR) is 56.0 cm³/mol. The number of carbonyl (C=O) groups is 1. The summed E-state index contributed by atoms with van der Waals surface area (Å²) in [5.74, 6) is -0.0682. The van der Waals surface area contributed by atoms with Crippen molar-refractivity contribution in [2.45, 2.75) is 13.3 Å². The number of imidazole rings is 1. The molecular formula is C10H10N4O2. The number of rotatable bonds is 3. The molecule has 6 heteroatoms. The van der Waals surface area contributed by atoms with Crippen LogP contribution in [-0.4, -0.2) is 31.0 Å². The SMILES string of the molecule is CCc1nc(-c2ncc[nH]2)ncc1C(=O)O. The van der Waals surface area contributed by atoms with Crippen LogP contribution in [0.25, 0.3) is 11.6 Å². The highest BCUT2D eigenvalue weighted by molar-refractivity contribution is 5.88. The van der Waals surface area contributed by atoms with Gasteiger partial charge >= 0.3 is 5.97 Å². The number of carboxylic acids is 1. The van der Waals surface area contributed by atoms with E-state index in [9.17, 15) is 4.79 Å². The number of aromatic nitrogens is 4. The molecule has 0 aliphatic rings. The monoisotopic (exact) mass is 218 g/mol. The molecule has 0 spiro atoms. The third-order valence-electron chi connectivity index (χ3n) is 2.14. The number of aryl methyl sites for hydroxylation is 1. The van der Waals surface area contributed by atoms with Gasteiger partial charge in [0.2, 0.25) is 0 Å². The highest BCUT2D eigenvalue weighted by atomic mass is 16.4. The van der Waals surface area contributed by atoms with Crippen LogP contribution in [0.4, 0.5) is 0 Å². The molecule has 2 aromatic rings. The normalized spacial score (nSPS) is 10.3. The molecule has 2 N–H and O–H groups in total. The Hall–Kier alpha value is -2.24. The Labute approximate surface area is 91.4 Å². The minimum absolute atomic E-state index is 0.137. The number of hydrogen-bond donors (Lipinski definition) is 2. The molecule has 0 aromatic carbocycles. The summed E-state index contributed by atoms with van der Waals surface area (Å²) in [6, 6.07) is 0. The van der Waals surface area contributed by atoms with Crippen LogP contribution in [0.1, 0.15) is 23.0 Å². The molecule has 0 saturated carbocycles. The molecule has 6 nitrogen and oxygen atoms in total. The van der Waals surface area contributed by atoms with E-state index in [0.717, 1.165) is 0 Å². The summed E-state index contributed by atoms with van der Waals surface area (Å²) in [7, 11) is 0. The Morgan fingerprint density at radius 2 is 2.31 bits per heavy atom. The largest absolute Gasteiger partial charge is 0.478 e. The van der Waals surface area contributed by atoms with Gasteiger partial charge in [-0.05, 0) is 6.42 Å². The Kier molecular flexibility index (Phi) is 2.63. The van der Waals surface area contributed by atoms with Gasteiger partial charge in [0, 0.05) is 18.6 Å². The van der Waals surface area contributed by atoms with Crippen molar-refractivity contribution in [2.24, 2.45) is 0 Å². The lowest BCUT2D eigenvalue weighted by molar-refractivity contribution is 0.0694. The lowest BCUT2D eigenvalue weighted by Crippen LogP contribution is -2.07. The molecule has 16 heavy (non-hydrogen) atoms. The van der Waals surface area contributed by atoms with Crippen molar-refractivity contribution in [3.8, 4) is 11.6 Å². The van der Waals surface area contributed by atoms with Crippen molar-refractivity contribution in [1.82, 2.24) is 19.9 Å². The predicted octanol–water partition coefficient (Wildman–Crippen LogP) is 1.13. The standard InChI is InChI=1S/C10H10N4O2/c1-2-7-6(10(15)16)5-13-9(14-7)8-11-3-4-12-8/h3-5H,2H2,1H3,(H,11,12)(H,15,16). The van der Waals surface area contributed by atoms with E-state index in [2.05, 4.69) is 19.9 Å². The van der Waals surface area contributed by atoms with Crippen molar-refractivity contribution in [1.29, 1.82) is 0 Å². The van der Waals surface area contributed by atoms with E-state index < -0.39 is 5.97 Å². The highest BCUT2D eigenvalue weighted by Crippen LogP contribution is 2.12. The van der Waals surface area contributed by atoms with Gasteiger partial charge in [-0.15, -0.1) is 0 Å². The smallest absolute Gasteiger partial charge is 0.339 e. The molecule has 2 aromatic heterocycles. The van der Waals surface area contributed by atoms with Crippen LogP contribution in [0.15, 0.2) is 18.6 Å². The average molecular weight is 218 g/mol. The summed E-state index contributed by atoms with van der Waals surface area (Å²) in [6.45, 7) is 1.85. The Morgan fingerprint density at radius 1 is 1.50 bits per heavy atom. The zero-order valence-electron chi connectivity index (χ0n) is 8.64. The Bertz CT molecular complexity index is 508. The summed E-state index contributed by atoms with van der Waals surface area (Å²) in [5, 5.41) is 8.91. The van der Waals surface area contributed by atoms with Gasteiger partial charge in [0.15, 0.2) is 11.6 Å². The number of nitrogens with one attached hydrogen (secondary N) is 1. The quantitative estimate of drug-likeness (QED) is 0.805. The van der Waals surface area contributed by atoms with Gasteiger partial charge in [0.05, 0.1) is 11.3 Å². The van der Waals surface area contributed by atoms with Crippen LogP contribution < -0.4 is 0 Å². The van der Waals surface area contributed by atoms with Crippen LogP contribution in [0.5, 0.6) is 0 Å². The van der Waals surface area contributed by atoms with Gasteiger partial charge in [0.1, 0.15) is 0 Å². The van der Waals surface area contributed by atoms with Gasteiger partial charge in [-0.3, -0.25) is 0 Å². The lowest BCUT2D eigenvalue weighted by Gasteiger charge is -2.03. The third kappa shape index (κ3) is 1.77. The van der Waals surface area contributed by atoms with Crippen molar-refractivity contribution in [3.63, 3.8) is 0 Å². The summed E-state index contributed by atoms with van der Waals surface area (Å²) in [4.78, 5) is 25.9. The molecular weight excluding hydrogens is 208 g/mol. The molecule has 0 aliphatic carbocycles. The molecule has 82 valence electrons. The summed E-state index contributed by atoms with van der Waals surface area (Å²) in [6.07, 6.45) is 5.11. The van der Waals surface area contributed by atoms with Crippen LogP contribution >= 0.6 is 0 Å². The van der Waals surface area contributed by atoms with Crippen molar-refractivity contribution in [3.05, 3.63) is 29.8 Å². The number of nitrogens with zero attached hydrogens (tertiary/aromatic N) is 3. The average Bonchev–Trinajstić information content (AvgIpc) is 2.81. The molecule has 0 aliphatic heterocycles. The minimum Gasteiger partial charge on any atom is -0.478 e. The summed E-state index contributed by atoms with van der Waals surface area (Å²) >= 11 is 0. The van der Waals surface area contributed by atoms with Crippen LogP contribution in [0, 0.1) is 0 Å². The van der Waals surface area contributed by atoms with Crippen molar-refractivity contribution >= 4 is 5.97 Å². The number of aromatic carboxylic acids is 1.